The number of nitrogens with zero attached hydrogens (tertiary/aromatic N) is 1. The Morgan fingerprint density at radius 1 is 1.24 bits per heavy atom. The van der Waals surface area contributed by atoms with Crippen molar-refractivity contribution in [2.75, 3.05) is 5.75 Å². The Balaban J connectivity index is 1.42. The highest BCUT2D eigenvalue weighted by Crippen LogP contribution is 2.49. The average Bonchev–Trinajstić information content (AvgIpc) is 3.44. The number of nitrogens with one attached hydrogen (secondary N) is 1. The van der Waals surface area contributed by atoms with E-state index in [0.717, 1.165) is 11.8 Å². The molecule has 1 N–H and O–H groups in total. The molecule has 1 amide bonds. The third-order valence-corrected chi connectivity index (χ3v) is 8.44. The third-order valence-electron chi connectivity index (χ3n) is 6.51. The summed E-state index contributed by atoms with van der Waals surface area (Å²) in [5.74, 6) is 2.48. The van der Waals surface area contributed by atoms with E-state index in [1.165, 1.54) is 25.7 Å². The predicted molar refractivity (Wildman–Crippen MR) is 110 cm³/mol. The first-order valence-corrected chi connectivity index (χ1v) is 12.1. The Morgan fingerprint density at radius 2 is 2.00 bits per heavy atom. The number of hydrogen-bond acceptors (Lipinski definition) is 5. The van der Waals surface area contributed by atoms with Crippen molar-refractivity contribution in [3.63, 3.8) is 0 Å². The Hall–Kier alpha value is -2.15. The lowest BCUT2D eigenvalue weighted by atomic mass is 9.84. The van der Waals surface area contributed by atoms with Gasteiger partial charge in [-0.05, 0) is 74.6 Å². The molecule has 0 aliphatic heterocycles. The summed E-state index contributed by atoms with van der Waals surface area (Å²) in [6.07, 6.45) is 5.72. The van der Waals surface area contributed by atoms with Gasteiger partial charge in [0.05, 0.1) is 10.6 Å². The van der Waals surface area contributed by atoms with Crippen LogP contribution in [0.3, 0.4) is 0 Å². The van der Waals surface area contributed by atoms with Crippen LogP contribution in [0.1, 0.15) is 56.4 Å². The fourth-order valence-electron chi connectivity index (χ4n) is 5.03. The smallest absolute Gasteiger partial charge is 0.273 e. The van der Waals surface area contributed by atoms with Crippen molar-refractivity contribution < 1.29 is 17.7 Å². The van der Waals surface area contributed by atoms with Gasteiger partial charge in [0.25, 0.3) is 5.91 Å². The van der Waals surface area contributed by atoms with Crippen molar-refractivity contribution in [2.24, 2.45) is 17.8 Å². The van der Waals surface area contributed by atoms with Gasteiger partial charge in [-0.15, -0.1) is 0 Å². The number of carbonyl (C=O) groups is 1. The van der Waals surface area contributed by atoms with Crippen molar-refractivity contribution in [1.82, 2.24) is 10.5 Å². The van der Waals surface area contributed by atoms with E-state index in [0.29, 0.717) is 28.6 Å². The maximum absolute atomic E-state index is 12.6. The van der Waals surface area contributed by atoms with Crippen LogP contribution < -0.4 is 5.32 Å². The summed E-state index contributed by atoms with van der Waals surface area (Å²) >= 11 is 0. The fraction of sp³-hybridized carbons (Fsp3) is 0.545. The highest BCUT2D eigenvalue weighted by atomic mass is 32.2. The van der Waals surface area contributed by atoms with Gasteiger partial charge in [-0.3, -0.25) is 4.79 Å². The molecule has 2 aliphatic rings. The molecule has 4 atom stereocenters. The molecule has 2 fully saturated rings. The number of sulfone groups is 1. The van der Waals surface area contributed by atoms with E-state index < -0.39 is 9.84 Å². The Morgan fingerprint density at radius 3 is 2.62 bits per heavy atom. The standard InChI is InChI=1S/C22H28N2O4S/c1-3-10-29(26,27)18-8-6-16(7-9-18)21-13-20(24-28-21)22(25)23-14(2)19-12-15-4-5-17(19)11-15/h6-9,13-15,17,19H,3-5,10-12H2,1-2H3,(H,23,25). The van der Waals surface area contributed by atoms with Crippen LogP contribution in [0.2, 0.25) is 0 Å². The molecule has 7 heteroatoms. The van der Waals surface area contributed by atoms with Crippen LogP contribution in [0.5, 0.6) is 0 Å². The predicted octanol–water partition coefficient (Wildman–Crippen LogP) is 4.08. The van der Waals surface area contributed by atoms with Crippen LogP contribution in [-0.4, -0.2) is 31.3 Å². The fourth-order valence-corrected chi connectivity index (χ4v) is 6.35. The zero-order chi connectivity index (χ0) is 20.6. The lowest BCUT2D eigenvalue weighted by molar-refractivity contribution is 0.0906. The van der Waals surface area contributed by atoms with E-state index in [1.807, 2.05) is 6.92 Å². The van der Waals surface area contributed by atoms with Crippen molar-refractivity contribution in [2.45, 2.75) is 56.9 Å². The number of benzene rings is 1. The monoisotopic (exact) mass is 416 g/mol. The summed E-state index contributed by atoms with van der Waals surface area (Å²) in [7, 11) is -3.25. The molecule has 2 aliphatic carbocycles. The highest BCUT2D eigenvalue weighted by Gasteiger charge is 2.42. The van der Waals surface area contributed by atoms with Crippen molar-refractivity contribution >= 4 is 15.7 Å². The molecular formula is C22H28N2O4S. The molecule has 2 saturated carbocycles. The quantitative estimate of drug-likeness (QED) is 0.735. The van der Waals surface area contributed by atoms with E-state index in [4.69, 9.17) is 4.52 Å². The normalized spacial score (nSPS) is 24.6. The first-order valence-electron chi connectivity index (χ1n) is 10.5. The molecule has 156 valence electrons. The van der Waals surface area contributed by atoms with Crippen molar-refractivity contribution in [3.8, 4) is 11.3 Å². The summed E-state index contributed by atoms with van der Waals surface area (Å²) in [4.78, 5) is 12.9. The zero-order valence-electron chi connectivity index (χ0n) is 16.9. The van der Waals surface area contributed by atoms with Gasteiger partial charge in [0, 0.05) is 17.7 Å². The summed E-state index contributed by atoms with van der Waals surface area (Å²) < 4.78 is 29.6. The number of hydrogen-bond donors (Lipinski definition) is 1. The molecule has 0 spiro atoms. The minimum atomic E-state index is -3.25. The van der Waals surface area contributed by atoms with Gasteiger partial charge in [0.1, 0.15) is 0 Å². The molecule has 2 aromatic rings. The zero-order valence-corrected chi connectivity index (χ0v) is 17.7. The molecule has 4 rings (SSSR count). The van der Waals surface area contributed by atoms with Gasteiger partial charge in [-0.2, -0.15) is 0 Å². The van der Waals surface area contributed by atoms with Crippen LogP contribution in [0.15, 0.2) is 39.8 Å². The summed E-state index contributed by atoms with van der Waals surface area (Å²) in [6.45, 7) is 3.92. The Bertz CT molecular complexity index is 980. The Labute approximate surface area is 172 Å². The van der Waals surface area contributed by atoms with Gasteiger partial charge in [-0.25, -0.2) is 8.42 Å². The van der Waals surface area contributed by atoms with Crippen LogP contribution in [-0.2, 0) is 9.84 Å². The lowest BCUT2D eigenvalue weighted by Gasteiger charge is -2.28. The van der Waals surface area contributed by atoms with E-state index in [-0.39, 0.29) is 23.4 Å². The average molecular weight is 417 g/mol. The van der Waals surface area contributed by atoms with Crippen molar-refractivity contribution in [1.29, 1.82) is 0 Å². The molecule has 1 aromatic heterocycles. The van der Waals surface area contributed by atoms with Gasteiger partial charge < -0.3 is 9.84 Å². The van der Waals surface area contributed by atoms with E-state index in [9.17, 15) is 13.2 Å². The molecule has 0 radical (unpaired) electrons. The number of amides is 1. The van der Waals surface area contributed by atoms with Crippen molar-refractivity contribution in [3.05, 3.63) is 36.0 Å². The minimum Gasteiger partial charge on any atom is -0.355 e. The molecule has 4 unspecified atom stereocenters. The molecule has 6 nitrogen and oxygen atoms in total. The second kappa shape index (κ2) is 7.94. The first-order chi connectivity index (χ1) is 13.9. The molecule has 2 bridgehead atoms. The SMILES string of the molecule is CCCS(=O)(=O)c1ccc(-c2cc(C(=O)NC(C)C3CC4CCC3C4)no2)cc1. The maximum Gasteiger partial charge on any atom is 0.273 e. The number of aromatic nitrogens is 1. The number of fused-ring (bicyclic) bond motifs is 2. The topological polar surface area (TPSA) is 89.3 Å². The minimum absolute atomic E-state index is 0.125. The number of rotatable bonds is 7. The van der Waals surface area contributed by atoms with Crippen LogP contribution in [0.4, 0.5) is 0 Å². The van der Waals surface area contributed by atoms with Gasteiger partial charge in [0.15, 0.2) is 21.3 Å². The summed E-state index contributed by atoms with van der Waals surface area (Å²) in [5.41, 5.74) is 0.936. The van der Waals surface area contributed by atoms with Crippen LogP contribution >= 0.6 is 0 Å². The highest BCUT2D eigenvalue weighted by molar-refractivity contribution is 7.91. The maximum atomic E-state index is 12.6. The van der Waals surface area contributed by atoms with E-state index in [2.05, 4.69) is 17.4 Å². The lowest BCUT2D eigenvalue weighted by Crippen LogP contribution is -2.40. The van der Waals surface area contributed by atoms with E-state index >= 15 is 0 Å². The molecule has 29 heavy (non-hydrogen) atoms. The van der Waals surface area contributed by atoms with Gasteiger partial charge in [0.2, 0.25) is 0 Å². The number of carbonyl (C=O) groups excluding carboxylic acids is 1. The second-order valence-corrected chi connectivity index (χ2v) is 10.6. The molecule has 1 aromatic carbocycles. The summed E-state index contributed by atoms with van der Waals surface area (Å²) in [6, 6.07) is 8.24. The van der Waals surface area contributed by atoms with E-state index in [1.54, 1.807) is 30.3 Å². The third kappa shape index (κ3) is 4.10. The van der Waals surface area contributed by atoms with Crippen LogP contribution in [0.25, 0.3) is 11.3 Å². The largest absolute Gasteiger partial charge is 0.355 e. The molecular weight excluding hydrogens is 388 g/mol. The second-order valence-electron chi connectivity index (χ2n) is 8.52. The Kier molecular flexibility index (Phi) is 5.51. The summed E-state index contributed by atoms with van der Waals surface area (Å²) in [5, 5.41) is 7.01. The van der Waals surface area contributed by atoms with Crippen LogP contribution in [0, 0.1) is 17.8 Å². The van der Waals surface area contributed by atoms with Gasteiger partial charge >= 0.3 is 0 Å². The molecule has 1 heterocycles. The first kappa shape index (κ1) is 20.1. The van der Waals surface area contributed by atoms with Gasteiger partial charge in [-0.1, -0.05) is 18.5 Å². The molecule has 0 saturated heterocycles.